The Kier molecular flexibility index (Phi) is 5.77. The zero-order valence-corrected chi connectivity index (χ0v) is 18.0. The Labute approximate surface area is 181 Å². The van der Waals surface area contributed by atoms with Crippen LogP contribution >= 0.6 is 0 Å². The molecule has 2 aromatic heterocycles. The summed E-state index contributed by atoms with van der Waals surface area (Å²) in [6.45, 7) is 6.99. The van der Waals surface area contributed by atoms with E-state index >= 15 is 0 Å². The lowest BCUT2D eigenvalue weighted by atomic mass is 9.89. The molecule has 0 aromatic carbocycles. The van der Waals surface area contributed by atoms with Crippen LogP contribution in [0.15, 0.2) is 12.3 Å². The third-order valence-electron chi connectivity index (χ3n) is 6.63. The number of aryl methyl sites for hydroxylation is 1. The number of hydrogen-bond donors (Lipinski definition) is 0. The highest BCUT2D eigenvalue weighted by Gasteiger charge is 2.41. The molecule has 5 rings (SSSR count). The van der Waals surface area contributed by atoms with Gasteiger partial charge in [0.15, 0.2) is 0 Å². The van der Waals surface area contributed by atoms with E-state index in [4.69, 9.17) is 14.2 Å². The van der Waals surface area contributed by atoms with Crippen LogP contribution in [-0.2, 0) is 40.5 Å². The number of nitrogens with zero attached hydrogens (tertiary/aromatic N) is 6. The smallest absolute Gasteiger partial charge is 0.272 e. The zero-order valence-electron chi connectivity index (χ0n) is 18.0. The first-order valence-corrected chi connectivity index (χ1v) is 11.2. The van der Waals surface area contributed by atoms with Gasteiger partial charge in [-0.25, -0.2) is 4.68 Å². The van der Waals surface area contributed by atoms with Crippen LogP contribution in [0.4, 0.5) is 0 Å². The Hall–Kier alpha value is -2.30. The largest absolute Gasteiger partial charge is 0.376 e. The number of carbonyl (C=O) groups is 1. The Morgan fingerprint density at radius 2 is 2.23 bits per heavy atom. The quantitative estimate of drug-likeness (QED) is 0.683. The number of aromatic nitrogens is 5. The van der Waals surface area contributed by atoms with Gasteiger partial charge in [0.2, 0.25) is 0 Å². The summed E-state index contributed by atoms with van der Waals surface area (Å²) in [5.74, 6) is 0.0390. The summed E-state index contributed by atoms with van der Waals surface area (Å²) in [6, 6.07) is 1.79. The number of amides is 1. The van der Waals surface area contributed by atoms with Crippen LogP contribution in [0, 0.1) is 0 Å². The summed E-state index contributed by atoms with van der Waals surface area (Å²) in [6.07, 6.45) is 5.62. The molecule has 3 aliphatic rings. The number of piperidine rings is 1. The van der Waals surface area contributed by atoms with Gasteiger partial charge in [-0.15, -0.1) is 5.10 Å². The van der Waals surface area contributed by atoms with E-state index in [0.29, 0.717) is 51.7 Å². The lowest BCUT2D eigenvalue weighted by molar-refractivity contribution is -0.120. The highest BCUT2D eigenvalue weighted by molar-refractivity contribution is 5.92. The first-order valence-electron chi connectivity index (χ1n) is 11.2. The van der Waals surface area contributed by atoms with Crippen molar-refractivity contribution in [3.05, 3.63) is 29.3 Å². The molecule has 1 atom stereocenters. The lowest BCUT2D eigenvalue weighted by Gasteiger charge is -2.43. The molecule has 2 aromatic rings. The van der Waals surface area contributed by atoms with Gasteiger partial charge in [-0.1, -0.05) is 5.21 Å². The van der Waals surface area contributed by atoms with E-state index in [2.05, 4.69) is 15.4 Å². The number of hydrogen-bond acceptors (Lipinski definition) is 7. The van der Waals surface area contributed by atoms with E-state index in [-0.39, 0.29) is 17.6 Å². The van der Waals surface area contributed by atoms with Gasteiger partial charge in [-0.3, -0.25) is 9.48 Å². The number of fused-ring (bicyclic) bond motifs is 1. The fourth-order valence-electron chi connectivity index (χ4n) is 4.72. The van der Waals surface area contributed by atoms with Crippen LogP contribution in [0.1, 0.15) is 54.5 Å². The fraction of sp³-hybridized carbons (Fsp3) is 0.714. The van der Waals surface area contributed by atoms with Crippen LogP contribution in [0.2, 0.25) is 0 Å². The molecule has 0 aliphatic carbocycles. The minimum Gasteiger partial charge on any atom is -0.376 e. The maximum absolute atomic E-state index is 12.9. The first kappa shape index (κ1) is 20.6. The molecule has 1 unspecified atom stereocenters. The summed E-state index contributed by atoms with van der Waals surface area (Å²) in [7, 11) is 0. The van der Waals surface area contributed by atoms with Crippen molar-refractivity contribution in [2.75, 3.05) is 26.3 Å². The molecule has 2 fully saturated rings. The summed E-state index contributed by atoms with van der Waals surface area (Å²) < 4.78 is 21.4. The zero-order chi connectivity index (χ0) is 21.3. The molecule has 1 spiro atoms. The van der Waals surface area contributed by atoms with E-state index in [1.165, 1.54) is 0 Å². The molecule has 0 saturated carbocycles. The molecule has 0 N–H and O–H groups in total. The highest BCUT2D eigenvalue weighted by Crippen LogP contribution is 2.34. The third-order valence-corrected chi connectivity index (χ3v) is 6.63. The summed E-state index contributed by atoms with van der Waals surface area (Å²) >= 11 is 0. The minimum absolute atomic E-state index is 0.0390. The van der Waals surface area contributed by atoms with Gasteiger partial charge in [0.1, 0.15) is 11.4 Å². The van der Waals surface area contributed by atoms with E-state index in [0.717, 1.165) is 43.7 Å². The van der Waals surface area contributed by atoms with Gasteiger partial charge in [-0.05, 0) is 38.7 Å². The number of ether oxygens (including phenoxy) is 3. The van der Waals surface area contributed by atoms with Crippen molar-refractivity contribution in [2.45, 2.75) is 70.6 Å². The number of carbonyl (C=O) groups excluding carboxylic acids is 1. The van der Waals surface area contributed by atoms with Gasteiger partial charge >= 0.3 is 0 Å². The predicted octanol–water partition coefficient (Wildman–Crippen LogP) is 1.40. The van der Waals surface area contributed by atoms with E-state index in [1.807, 2.05) is 16.5 Å². The van der Waals surface area contributed by atoms with E-state index in [9.17, 15) is 4.79 Å². The van der Waals surface area contributed by atoms with Gasteiger partial charge in [-0.2, -0.15) is 5.10 Å². The SMILES string of the molecule is CCn1nccc1C(=O)N1CCC2(CC1)Cn1nnc(COCC3CCCO3)c1CO2. The highest BCUT2D eigenvalue weighted by atomic mass is 16.5. The van der Waals surface area contributed by atoms with Crippen molar-refractivity contribution in [1.82, 2.24) is 29.7 Å². The summed E-state index contributed by atoms with van der Waals surface area (Å²) in [5, 5.41) is 12.9. The molecular weight excluding hydrogens is 400 g/mol. The molecule has 0 bridgehead atoms. The van der Waals surface area contributed by atoms with Crippen molar-refractivity contribution in [3.63, 3.8) is 0 Å². The van der Waals surface area contributed by atoms with Crippen LogP contribution in [0.3, 0.4) is 0 Å². The monoisotopic (exact) mass is 430 g/mol. The van der Waals surface area contributed by atoms with E-state index < -0.39 is 0 Å². The lowest BCUT2D eigenvalue weighted by Crippen LogP contribution is -2.52. The molecule has 5 heterocycles. The van der Waals surface area contributed by atoms with Crippen LogP contribution in [0.5, 0.6) is 0 Å². The normalized spacial score (nSPS) is 22.7. The van der Waals surface area contributed by atoms with Crippen molar-refractivity contribution in [3.8, 4) is 0 Å². The molecule has 3 aliphatic heterocycles. The van der Waals surface area contributed by atoms with Crippen LogP contribution in [-0.4, -0.2) is 73.6 Å². The van der Waals surface area contributed by atoms with Crippen LogP contribution < -0.4 is 0 Å². The molecule has 2 saturated heterocycles. The van der Waals surface area contributed by atoms with Gasteiger partial charge in [0.25, 0.3) is 5.91 Å². The molecule has 10 heteroatoms. The molecule has 168 valence electrons. The maximum Gasteiger partial charge on any atom is 0.272 e. The van der Waals surface area contributed by atoms with Gasteiger partial charge in [0.05, 0.1) is 43.8 Å². The average Bonchev–Trinajstić information content (AvgIpc) is 3.55. The van der Waals surface area contributed by atoms with Crippen molar-refractivity contribution in [2.24, 2.45) is 0 Å². The average molecular weight is 431 g/mol. The second kappa shape index (κ2) is 8.68. The fourth-order valence-corrected chi connectivity index (χ4v) is 4.72. The number of rotatable bonds is 6. The van der Waals surface area contributed by atoms with Crippen molar-refractivity contribution in [1.29, 1.82) is 0 Å². The molecular formula is C21H30N6O4. The molecule has 1 amide bonds. The van der Waals surface area contributed by atoms with Crippen LogP contribution in [0.25, 0.3) is 0 Å². The third kappa shape index (κ3) is 4.11. The Balaban J connectivity index is 1.17. The minimum atomic E-state index is -0.293. The maximum atomic E-state index is 12.9. The van der Waals surface area contributed by atoms with Gasteiger partial charge < -0.3 is 19.1 Å². The Morgan fingerprint density at radius 3 is 3.00 bits per heavy atom. The second-order valence-electron chi connectivity index (χ2n) is 8.59. The standard InChI is InChI=1S/C21H30N6O4/c1-2-26-18(5-8-22-26)20(28)25-9-6-21(7-10-25)15-27-19(14-31-21)17(23-24-27)13-29-12-16-4-3-11-30-16/h5,8,16H,2-4,6-7,9-15H2,1H3. The second-order valence-corrected chi connectivity index (χ2v) is 8.59. The Bertz CT molecular complexity index is 911. The van der Waals surface area contributed by atoms with Crippen molar-refractivity contribution >= 4 is 5.91 Å². The number of likely N-dealkylation sites (tertiary alicyclic amines) is 1. The molecule has 10 nitrogen and oxygen atoms in total. The summed E-state index contributed by atoms with van der Waals surface area (Å²) in [5.41, 5.74) is 2.18. The summed E-state index contributed by atoms with van der Waals surface area (Å²) in [4.78, 5) is 14.8. The molecule has 31 heavy (non-hydrogen) atoms. The molecule has 0 radical (unpaired) electrons. The topological polar surface area (TPSA) is 96.5 Å². The predicted molar refractivity (Wildman–Crippen MR) is 109 cm³/mol. The van der Waals surface area contributed by atoms with E-state index in [1.54, 1.807) is 16.9 Å². The Morgan fingerprint density at radius 1 is 1.35 bits per heavy atom. The van der Waals surface area contributed by atoms with Gasteiger partial charge in [0, 0.05) is 32.4 Å². The van der Waals surface area contributed by atoms with Crippen molar-refractivity contribution < 1.29 is 19.0 Å². The first-order chi connectivity index (χ1) is 15.2.